The van der Waals surface area contributed by atoms with Gasteiger partial charge in [0.1, 0.15) is 11.6 Å². The van der Waals surface area contributed by atoms with E-state index >= 15 is 0 Å². The predicted molar refractivity (Wildman–Crippen MR) is 308 cm³/mol. The van der Waals surface area contributed by atoms with Crippen LogP contribution in [0.4, 0.5) is 34.4 Å². The van der Waals surface area contributed by atoms with E-state index in [1.807, 2.05) is 77.7 Å². The fourth-order valence-corrected chi connectivity index (χ4v) is 17.7. The number of anilines is 6. The van der Waals surface area contributed by atoms with Crippen molar-refractivity contribution in [3.63, 3.8) is 0 Å². The molecular formula is C68H38N4O8S2. The highest BCUT2D eigenvalue weighted by Gasteiger charge is 2.57. The molecule has 13 aromatic rings. The SMILES string of the molecule is O=S1(=O)c2ccccc2-c2cc(N3c4ccccc4C4(c5cc6ccccc6cc53)c3ccoc3-c3occc34)ccc21.O=S1(=O)c2ccccc2-c2cc(N3c4ncccc4C4(c5cccnc53)c3ccoc3-c3occc34)ccc21. The lowest BCUT2D eigenvalue weighted by molar-refractivity contribution is 0.525. The molecule has 0 bridgehead atoms. The van der Waals surface area contributed by atoms with Crippen molar-refractivity contribution in [2.75, 3.05) is 9.80 Å². The zero-order chi connectivity index (χ0) is 54.4. The Morgan fingerprint density at radius 3 is 1.27 bits per heavy atom. The lowest BCUT2D eigenvalue weighted by Gasteiger charge is -2.44. The van der Waals surface area contributed by atoms with Gasteiger partial charge in [-0.25, -0.2) is 26.8 Å². The molecule has 4 aliphatic heterocycles. The van der Waals surface area contributed by atoms with Crippen molar-refractivity contribution in [3.8, 4) is 45.3 Å². The van der Waals surface area contributed by atoms with Gasteiger partial charge in [0.2, 0.25) is 19.7 Å². The van der Waals surface area contributed by atoms with E-state index < -0.39 is 30.5 Å². The van der Waals surface area contributed by atoms with Gasteiger partial charge >= 0.3 is 0 Å². The molecule has 0 saturated heterocycles. The first kappa shape index (κ1) is 45.6. The van der Waals surface area contributed by atoms with E-state index in [0.29, 0.717) is 53.9 Å². The normalized spacial score (nSPS) is 16.1. The summed E-state index contributed by atoms with van der Waals surface area (Å²) in [5, 5.41) is 2.25. The van der Waals surface area contributed by atoms with Crippen LogP contribution in [0.5, 0.6) is 0 Å². The molecule has 0 radical (unpaired) electrons. The molecule has 0 N–H and O–H groups in total. The summed E-state index contributed by atoms with van der Waals surface area (Å²) in [6, 6.07) is 63.1. The average molecular weight is 1100 g/mol. The van der Waals surface area contributed by atoms with Crippen molar-refractivity contribution >= 4 is 64.8 Å². The van der Waals surface area contributed by atoms with Crippen LogP contribution < -0.4 is 9.80 Å². The highest BCUT2D eigenvalue weighted by molar-refractivity contribution is 7.92. The summed E-state index contributed by atoms with van der Waals surface area (Å²) in [5.74, 6) is 4.32. The fraction of sp³-hybridized carbons (Fsp3) is 0.0294. The summed E-state index contributed by atoms with van der Waals surface area (Å²) in [6.45, 7) is 0. The molecule has 10 heterocycles. The van der Waals surface area contributed by atoms with E-state index in [0.717, 1.165) is 101 Å². The fourth-order valence-electron chi connectivity index (χ4n) is 14.3. The van der Waals surface area contributed by atoms with Crippen molar-refractivity contribution in [3.05, 3.63) is 276 Å². The summed E-state index contributed by atoms with van der Waals surface area (Å²) in [4.78, 5) is 15.4. The summed E-state index contributed by atoms with van der Waals surface area (Å²) >= 11 is 0. The van der Waals surface area contributed by atoms with Gasteiger partial charge in [0.15, 0.2) is 23.0 Å². The van der Waals surface area contributed by atoms with Crippen molar-refractivity contribution in [1.29, 1.82) is 0 Å². The molecule has 12 nitrogen and oxygen atoms in total. The second-order valence-corrected chi connectivity index (χ2v) is 24.9. The molecule has 2 spiro atoms. The minimum absolute atomic E-state index is 0.310. The molecular weight excluding hydrogens is 1060 g/mol. The number of para-hydroxylation sites is 1. The number of hydrogen-bond donors (Lipinski definition) is 0. The van der Waals surface area contributed by atoms with Gasteiger partial charge in [-0.05, 0) is 125 Å². The highest BCUT2D eigenvalue weighted by atomic mass is 32.2. The molecule has 0 atom stereocenters. The number of fused-ring (bicyclic) bond motifs is 25. The molecule has 82 heavy (non-hydrogen) atoms. The first-order valence-electron chi connectivity index (χ1n) is 26.6. The van der Waals surface area contributed by atoms with Crippen LogP contribution in [0.2, 0.25) is 0 Å². The van der Waals surface area contributed by atoms with Crippen LogP contribution >= 0.6 is 0 Å². The molecule has 0 amide bonds. The maximum Gasteiger partial charge on any atom is 0.207 e. The second-order valence-electron chi connectivity index (χ2n) is 21.2. The minimum atomic E-state index is -3.58. The zero-order valence-corrected chi connectivity index (χ0v) is 44.4. The van der Waals surface area contributed by atoms with Crippen LogP contribution in [0, 0.1) is 0 Å². The Hall–Kier alpha value is -10.3. The maximum absolute atomic E-state index is 13.4. The molecule has 2 aliphatic carbocycles. The number of pyridine rings is 2. The van der Waals surface area contributed by atoms with Gasteiger partial charge in [0, 0.05) is 79.4 Å². The van der Waals surface area contributed by atoms with Crippen molar-refractivity contribution < 1.29 is 34.5 Å². The molecule has 0 saturated carbocycles. The van der Waals surface area contributed by atoms with Gasteiger partial charge in [-0.3, -0.25) is 4.90 Å². The van der Waals surface area contributed by atoms with Crippen LogP contribution in [-0.4, -0.2) is 26.8 Å². The van der Waals surface area contributed by atoms with E-state index in [1.165, 1.54) is 0 Å². The van der Waals surface area contributed by atoms with Crippen molar-refractivity contribution in [2.24, 2.45) is 0 Å². The Morgan fingerprint density at radius 1 is 0.329 bits per heavy atom. The van der Waals surface area contributed by atoms with Crippen LogP contribution in [0.25, 0.3) is 56.1 Å². The standard InChI is InChI=1S/C37H21NO4S.C31H17N3O4S/c39-43(40)33-12-6-3-9-25(33)26-21-24(13-14-34(26)43)38-31-11-5-4-10-27(31)37(28-15-17-41-35(28)36-29(37)16-18-42-36)30-19-22-7-1-2-8-23(22)20-32(30)38;35-39(36)25-8-2-1-5-19(25)20-17-18(9-10-26(20)39)34-29-23(6-3-13-32-29)31(24-7-4-14-33-30(24)34)21-11-15-37-27(21)28-22(31)12-16-38-28/h1-21H;1-17H. The maximum atomic E-state index is 13.4. The van der Waals surface area contributed by atoms with Gasteiger partial charge < -0.3 is 22.6 Å². The molecule has 0 unspecified atom stereocenters. The number of benzene rings is 7. The Morgan fingerprint density at radius 2 is 0.744 bits per heavy atom. The third-order valence-corrected chi connectivity index (χ3v) is 21.2. The number of sulfone groups is 2. The van der Waals surface area contributed by atoms with E-state index in [4.69, 9.17) is 27.6 Å². The van der Waals surface area contributed by atoms with Crippen LogP contribution in [0.1, 0.15) is 44.5 Å². The highest BCUT2D eigenvalue weighted by Crippen LogP contribution is 2.66. The van der Waals surface area contributed by atoms with Gasteiger partial charge in [-0.2, -0.15) is 0 Å². The Kier molecular flexibility index (Phi) is 8.75. The summed E-state index contributed by atoms with van der Waals surface area (Å²) < 4.78 is 77.3. The number of aromatic nitrogens is 2. The lowest BCUT2D eigenvalue weighted by atomic mass is 9.65. The first-order valence-corrected chi connectivity index (χ1v) is 29.6. The molecule has 0 fully saturated rings. The van der Waals surface area contributed by atoms with Gasteiger partial charge in [0.05, 0.1) is 66.8 Å². The van der Waals surface area contributed by atoms with Gasteiger partial charge in [0.25, 0.3) is 0 Å². The van der Waals surface area contributed by atoms with Gasteiger partial charge in [-0.15, -0.1) is 0 Å². The van der Waals surface area contributed by atoms with Crippen molar-refractivity contribution in [1.82, 2.24) is 9.97 Å². The molecule has 7 aromatic carbocycles. The van der Waals surface area contributed by atoms with Crippen LogP contribution in [0.3, 0.4) is 0 Å². The second kappa shape index (κ2) is 15.8. The van der Waals surface area contributed by atoms with Gasteiger partial charge in [-0.1, -0.05) is 91.0 Å². The summed E-state index contributed by atoms with van der Waals surface area (Å²) in [7, 11) is -7.15. The minimum Gasteiger partial charge on any atom is -0.461 e. The largest absolute Gasteiger partial charge is 0.461 e. The molecule has 14 heteroatoms. The third-order valence-electron chi connectivity index (χ3n) is 17.5. The number of rotatable bonds is 2. The smallest absolute Gasteiger partial charge is 0.207 e. The quantitative estimate of drug-likeness (QED) is 0.162. The third kappa shape index (κ3) is 5.45. The number of hydrogen-bond acceptors (Lipinski definition) is 12. The van der Waals surface area contributed by atoms with Crippen molar-refractivity contribution in [2.45, 2.75) is 30.4 Å². The Balaban J connectivity index is 0.000000126. The van der Waals surface area contributed by atoms with Crippen LogP contribution in [-0.2, 0) is 30.5 Å². The molecule has 6 aromatic heterocycles. The zero-order valence-electron chi connectivity index (χ0n) is 42.8. The Bertz CT molecular complexity index is 5090. The van der Waals surface area contributed by atoms with Crippen LogP contribution in [0.15, 0.2) is 269 Å². The topological polar surface area (TPSA) is 153 Å². The molecule has 19 rings (SSSR count). The lowest BCUT2D eigenvalue weighted by Crippen LogP contribution is -2.36. The monoisotopic (exact) mass is 1100 g/mol. The summed E-state index contributed by atoms with van der Waals surface area (Å²) in [5.41, 5.74) is 13.4. The predicted octanol–water partition coefficient (Wildman–Crippen LogP) is 15.6. The van der Waals surface area contributed by atoms with E-state index in [-0.39, 0.29) is 0 Å². The van der Waals surface area contributed by atoms with E-state index in [1.54, 1.807) is 73.8 Å². The average Bonchev–Trinajstić information content (AvgIpc) is 1.62. The number of nitrogens with zero attached hydrogens (tertiary/aromatic N) is 4. The molecule has 6 aliphatic rings. The number of furan rings is 4. The van der Waals surface area contributed by atoms with E-state index in [9.17, 15) is 16.8 Å². The first-order chi connectivity index (χ1) is 40.2. The van der Waals surface area contributed by atoms with E-state index in [2.05, 4.69) is 89.8 Å². The summed E-state index contributed by atoms with van der Waals surface area (Å²) in [6.07, 6.45) is 10.4. The molecule has 390 valence electrons. The Labute approximate surface area is 468 Å².